The molecule has 4 aromatic rings. The molecular weight excluding hydrogens is 398 g/mol. The van der Waals surface area contributed by atoms with Gasteiger partial charge >= 0.3 is 0 Å². The summed E-state index contributed by atoms with van der Waals surface area (Å²) in [6.07, 6.45) is 9.25. The SMILES string of the molecule is Cc1onc(-c2ccccc2)c1CN1CN([C@H]2CCCC[C@H]2C)c2c1cnc1[nH]ccc21. The molecule has 1 saturated carbocycles. The van der Waals surface area contributed by atoms with Gasteiger partial charge < -0.3 is 19.3 Å². The molecule has 6 rings (SSSR count). The molecule has 3 aromatic heterocycles. The fourth-order valence-electron chi connectivity index (χ4n) is 5.60. The van der Waals surface area contributed by atoms with E-state index in [1.165, 1.54) is 42.4 Å². The molecule has 2 atom stereocenters. The lowest BCUT2D eigenvalue weighted by molar-refractivity contribution is 0.316. The van der Waals surface area contributed by atoms with Crippen molar-refractivity contribution in [2.24, 2.45) is 5.92 Å². The third kappa shape index (κ3) is 3.08. The summed E-state index contributed by atoms with van der Waals surface area (Å²) in [6, 6.07) is 13.1. The van der Waals surface area contributed by atoms with Gasteiger partial charge in [0.15, 0.2) is 0 Å². The molecule has 1 N–H and O–H groups in total. The second kappa shape index (κ2) is 7.69. The molecule has 1 aromatic carbocycles. The minimum Gasteiger partial charge on any atom is -0.361 e. The average molecular weight is 428 g/mol. The molecule has 6 heteroatoms. The van der Waals surface area contributed by atoms with Gasteiger partial charge in [0.2, 0.25) is 0 Å². The molecule has 32 heavy (non-hydrogen) atoms. The van der Waals surface area contributed by atoms with Crippen molar-refractivity contribution in [2.45, 2.75) is 52.1 Å². The minimum atomic E-state index is 0.560. The Bertz CT molecular complexity index is 1240. The van der Waals surface area contributed by atoms with E-state index in [1.807, 2.05) is 37.5 Å². The Morgan fingerprint density at radius 2 is 1.97 bits per heavy atom. The summed E-state index contributed by atoms with van der Waals surface area (Å²) >= 11 is 0. The lowest BCUT2D eigenvalue weighted by Crippen LogP contribution is -2.43. The molecular formula is C26H29N5O. The van der Waals surface area contributed by atoms with E-state index < -0.39 is 0 Å². The number of nitrogens with zero attached hydrogens (tertiary/aromatic N) is 4. The van der Waals surface area contributed by atoms with Crippen LogP contribution < -0.4 is 9.80 Å². The van der Waals surface area contributed by atoms with Crippen molar-refractivity contribution in [3.8, 4) is 11.3 Å². The standard InChI is InChI=1S/C26H29N5O/c1-17-8-6-7-11-22(17)31-16-30(23-14-28-26-20(25(23)31)12-13-27-26)15-21-18(2)32-29-24(21)19-9-4-3-5-10-19/h3-5,9-10,12-14,17,22H,6-8,11,15-16H2,1-2H3,(H,27,28)/t17-,22+/m1/s1. The topological polar surface area (TPSA) is 61.2 Å². The summed E-state index contributed by atoms with van der Waals surface area (Å²) in [5.41, 5.74) is 6.67. The number of aryl methyl sites for hydroxylation is 1. The largest absolute Gasteiger partial charge is 0.361 e. The highest BCUT2D eigenvalue weighted by atomic mass is 16.5. The van der Waals surface area contributed by atoms with Crippen molar-refractivity contribution in [1.82, 2.24) is 15.1 Å². The van der Waals surface area contributed by atoms with E-state index in [0.29, 0.717) is 12.0 Å². The quantitative estimate of drug-likeness (QED) is 0.440. The Morgan fingerprint density at radius 1 is 1.12 bits per heavy atom. The summed E-state index contributed by atoms with van der Waals surface area (Å²) in [7, 11) is 0. The maximum absolute atomic E-state index is 5.66. The number of anilines is 2. The van der Waals surface area contributed by atoms with Crippen LogP contribution in [0, 0.1) is 12.8 Å². The van der Waals surface area contributed by atoms with Gasteiger partial charge in [-0.05, 0) is 31.7 Å². The zero-order chi connectivity index (χ0) is 21.7. The number of hydrogen-bond donors (Lipinski definition) is 1. The van der Waals surface area contributed by atoms with Crippen LogP contribution in [0.5, 0.6) is 0 Å². The summed E-state index contributed by atoms with van der Waals surface area (Å²) in [5.74, 6) is 1.57. The number of rotatable bonds is 4. The van der Waals surface area contributed by atoms with Crippen LogP contribution in [0.25, 0.3) is 22.3 Å². The number of pyridine rings is 1. The Balaban J connectivity index is 1.41. The monoisotopic (exact) mass is 427 g/mol. The first-order valence-electron chi connectivity index (χ1n) is 11.7. The molecule has 0 amide bonds. The molecule has 164 valence electrons. The zero-order valence-electron chi connectivity index (χ0n) is 18.7. The number of benzene rings is 1. The lowest BCUT2D eigenvalue weighted by atomic mass is 9.85. The number of H-pyrrole nitrogens is 1. The number of fused-ring (bicyclic) bond motifs is 3. The molecule has 2 aliphatic rings. The highest BCUT2D eigenvalue weighted by Gasteiger charge is 2.37. The van der Waals surface area contributed by atoms with Crippen molar-refractivity contribution >= 4 is 22.4 Å². The van der Waals surface area contributed by atoms with Crippen LogP contribution in [0.2, 0.25) is 0 Å². The van der Waals surface area contributed by atoms with Gasteiger partial charge in [0.1, 0.15) is 17.1 Å². The van der Waals surface area contributed by atoms with E-state index in [1.54, 1.807) is 0 Å². The average Bonchev–Trinajstić information content (AvgIpc) is 3.52. The summed E-state index contributed by atoms with van der Waals surface area (Å²) in [6.45, 7) is 6.05. The second-order valence-corrected chi connectivity index (χ2v) is 9.30. The Morgan fingerprint density at radius 3 is 2.81 bits per heavy atom. The highest BCUT2D eigenvalue weighted by molar-refractivity contribution is 5.99. The normalized spacial score (nSPS) is 20.8. The number of aromatic amines is 1. The third-order valence-electron chi connectivity index (χ3n) is 7.34. The van der Waals surface area contributed by atoms with Gasteiger partial charge in [-0.1, -0.05) is 55.3 Å². The maximum atomic E-state index is 5.66. The zero-order valence-corrected chi connectivity index (χ0v) is 18.7. The minimum absolute atomic E-state index is 0.560. The van der Waals surface area contributed by atoms with E-state index in [0.717, 1.165) is 41.4 Å². The first-order valence-corrected chi connectivity index (χ1v) is 11.7. The van der Waals surface area contributed by atoms with Crippen LogP contribution in [0.4, 0.5) is 11.4 Å². The molecule has 1 aliphatic carbocycles. The van der Waals surface area contributed by atoms with Crippen LogP contribution in [-0.4, -0.2) is 27.8 Å². The Kier molecular flexibility index (Phi) is 4.67. The predicted molar refractivity (Wildman–Crippen MR) is 128 cm³/mol. The van der Waals surface area contributed by atoms with Crippen molar-refractivity contribution in [2.75, 3.05) is 16.5 Å². The summed E-state index contributed by atoms with van der Waals surface area (Å²) in [4.78, 5) is 13.1. The first-order chi connectivity index (χ1) is 15.7. The van der Waals surface area contributed by atoms with Gasteiger partial charge in [-0.15, -0.1) is 0 Å². The van der Waals surface area contributed by atoms with Crippen LogP contribution in [0.1, 0.15) is 43.9 Å². The smallest absolute Gasteiger partial charge is 0.139 e. The van der Waals surface area contributed by atoms with Gasteiger partial charge in [0.25, 0.3) is 0 Å². The number of nitrogens with one attached hydrogen (secondary N) is 1. The fraction of sp³-hybridized carbons (Fsp3) is 0.385. The van der Waals surface area contributed by atoms with Crippen LogP contribution >= 0.6 is 0 Å². The Hall–Kier alpha value is -3.28. The van der Waals surface area contributed by atoms with Crippen LogP contribution in [-0.2, 0) is 6.54 Å². The fourth-order valence-corrected chi connectivity index (χ4v) is 5.60. The van der Waals surface area contributed by atoms with Crippen molar-refractivity contribution in [1.29, 1.82) is 0 Å². The molecule has 0 bridgehead atoms. The number of aromatic nitrogens is 3. The van der Waals surface area contributed by atoms with E-state index in [2.05, 4.69) is 45.1 Å². The van der Waals surface area contributed by atoms with Crippen LogP contribution in [0.3, 0.4) is 0 Å². The van der Waals surface area contributed by atoms with Gasteiger partial charge in [-0.25, -0.2) is 4.98 Å². The van der Waals surface area contributed by atoms with Crippen molar-refractivity contribution in [3.63, 3.8) is 0 Å². The third-order valence-corrected chi connectivity index (χ3v) is 7.34. The molecule has 0 spiro atoms. The summed E-state index contributed by atoms with van der Waals surface area (Å²) < 4.78 is 5.66. The van der Waals surface area contributed by atoms with E-state index >= 15 is 0 Å². The van der Waals surface area contributed by atoms with Gasteiger partial charge in [0, 0.05) is 28.8 Å². The van der Waals surface area contributed by atoms with Crippen molar-refractivity contribution in [3.05, 3.63) is 60.1 Å². The van der Waals surface area contributed by atoms with Gasteiger partial charge in [0.05, 0.1) is 30.8 Å². The molecule has 0 radical (unpaired) electrons. The predicted octanol–water partition coefficient (Wildman–Crippen LogP) is 5.89. The number of hydrogen-bond acceptors (Lipinski definition) is 5. The van der Waals surface area contributed by atoms with E-state index in [9.17, 15) is 0 Å². The molecule has 0 saturated heterocycles. The van der Waals surface area contributed by atoms with E-state index in [-0.39, 0.29) is 0 Å². The Labute approximate surface area is 188 Å². The first kappa shape index (κ1) is 19.4. The van der Waals surface area contributed by atoms with Gasteiger partial charge in [-0.3, -0.25) is 0 Å². The molecule has 6 nitrogen and oxygen atoms in total. The summed E-state index contributed by atoms with van der Waals surface area (Å²) in [5, 5.41) is 5.63. The molecule has 1 fully saturated rings. The molecule has 4 heterocycles. The lowest BCUT2D eigenvalue weighted by Gasteiger charge is -2.38. The highest BCUT2D eigenvalue weighted by Crippen LogP contribution is 2.45. The van der Waals surface area contributed by atoms with E-state index in [4.69, 9.17) is 9.51 Å². The second-order valence-electron chi connectivity index (χ2n) is 9.30. The molecule has 1 aliphatic heterocycles. The maximum Gasteiger partial charge on any atom is 0.139 e. The van der Waals surface area contributed by atoms with Crippen molar-refractivity contribution < 1.29 is 4.52 Å². The van der Waals surface area contributed by atoms with Gasteiger partial charge in [-0.2, -0.15) is 0 Å². The molecule has 0 unspecified atom stereocenters. The van der Waals surface area contributed by atoms with Crippen LogP contribution in [0.15, 0.2) is 53.3 Å².